The summed E-state index contributed by atoms with van der Waals surface area (Å²) in [6.07, 6.45) is 4.49. The number of carbonyl (C=O) groups is 2. The molecule has 1 amide bonds. The predicted octanol–water partition coefficient (Wildman–Crippen LogP) is 3.82. The summed E-state index contributed by atoms with van der Waals surface area (Å²) in [6, 6.07) is 11.0. The molecular formula is C15H13NO3S2. The third kappa shape index (κ3) is 4.47. The van der Waals surface area contributed by atoms with Crippen molar-refractivity contribution in [3.63, 3.8) is 0 Å². The zero-order chi connectivity index (χ0) is 15.2. The van der Waals surface area contributed by atoms with Gasteiger partial charge in [-0.3, -0.25) is 4.79 Å². The number of thioether (sulfide) groups is 1. The molecule has 6 heteroatoms. The summed E-state index contributed by atoms with van der Waals surface area (Å²) in [7, 11) is 0. The van der Waals surface area contributed by atoms with Crippen molar-refractivity contribution in [2.24, 2.45) is 0 Å². The Morgan fingerprint density at radius 1 is 1.29 bits per heavy atom. The van der Waals surface area contributed by atoms with E-state index < -0.39 is 5.97 Å². The van der Waals surface area contributed by atoms with E-state index in [0.717, 1.165) is 21.5 Å². The molecule has 0 aliphatic rings. The van der Waals surface area contributed by atoms with E-state index in [4.69, 9.17) is 5.11 Å². The molecule has 0 radical (unpaired) electrons. The first-order valence-corrected chi connectivity index (χ1v) is 8.09. The molecule has 0 atom stereocenters. The number of hydrogen-bond acceptors (Lipinski definition) is 4. The maximum absolute atomic E-state index is 12.1. The summed E-state index contributed by atoms with van der Waals surface area (Å²) in [6.45, 7) is 0. The van der Waals surface area contributed by atoms with E-state index >= 15 is 0 Å². The SMILES string of the molecule is CSc1cccc(NC(=O)c2ccc(C=CC(=O)O)s2)c1. The number of carbonyl (C=O) groups excluding carboxylic acids is 1. The number of carboxylic acids is 1. The van der Waals surface area contributed by atoms with Gasteiger partial charge in [-0.15, -0.1) is 23.1 Å². The minimum atomic E-state index is -1.01. The van der Waals surface area contributed by atoms with E-state index in [1.165, 1.54) is 17.4 Å². The number of hydrogen-bond donors (Lipinski definition) is 2. The molecule has 4 nitrogen and oxygen atoms in total. The van der Waals surface area contributed by atoms with E-state index in [-0.39, 0.29) is 5.91 Å². The van der Waals surface area contributed by atoms with Crippen LogP contribution in [0, 0.1) is 0 Å². The molecule has 0 spiro atoms. The Balaban J connectivity index is 2.08. The number of rotatable bonds is 5. The van der Waals surface area contributed by atoms with E-state index in [1.807, 2.05) is 30.5 Å². The van der Waals surface area contributed by atoms with Crippen molar-refractivity contribution < 1.29 is 14.7 Å². The van der Waals surface area contributed by atoms with Gasteiger partial charge in [0.15, 0.2) is 0 Å². The molecule has 0 aliphatic carbocycles. The molecule has 0 fully saturated rings. The first-order valence-electron chi connectivity index (χ1n) is 6.05. The van der Waals surface area contributed by atoms with Gasteiger partial charge in [-0.05, 0) is 42.7 Å². The lowest BCUT2D eigenvalue weighted by atomic mass is 10.3. The highest BCUT2D eigenvalue weighted by molar-refractivity contribution is 7.98. The molecule has 1 aromatic heterocycles. The standard InChI is InChI=1S/C15H13NO3S2/c1-20-12-4-2-3-10(9-12)16-15(19)13-7-5-11(21-13)6-8-14(17)18/h2-9H,1H3,(H,16,19)(H,17,18). The lowest BCUT2D eigenvalue weighted by Gasteiger charge is -2.04. The van der Waals surface area contributed by atoms with Crippen molar-refractivity contribution in [3.8, 4) is 0 Å². The van der Waals surface area contributed by atoms with E-state index in [0.29, 0.717) is 4.88 Å². The van der Waals surface area contributed by atoms with Gasteiger partial charge in [-0.1, -0.05) is 6.07 Å². The molecule has 108 valence electrons. The van der Waals surface area contributed by atoms with Crippen molar-refractivity contribution in [2.75, 3.05) is 11.6 Å². The lowest BCUT2D eigenvalue weighted by molar-refractivity contribution is -0.131. The monoisotopic (exact) mass is 319 g/mol. The van der Waals surface area contributed by atoms with Crippen LogP contribution in [0.1, 0.15) is 14.5 Å². The van der Waals surface area contributed by atoms with Gasteiger partial charge in [-0.25, -0.2) is 4.79 Å². The van der Waals surface area contributed by atoms with Crippen LogP contribution in [0.25, 0.3) is 6.08 Å². The Morgan fingerprint density at radius 3 is 2.81 bits per heavy atom. The van der Waals surface area contributed by atoms with Gasteiger partial charge in [0.05, 0.1) is 4.88 Å². The first kappa shape index (κ1) is 15.3. The van der Waals surface area contributed by atoms with Crippen molar-refractivity contribution in [3.05, 3.63) is 52.2 Å². The van der Waals surface area contributed by atoms with Gasteiger partial charge in [0.1, 0.15) is 0 Å². The molecule has 0 bridgehead atoms. The second-order valence-corrected chi connectivity index (χ2v) is 6.05. The van der Waals surface area contributed by atoms with Crippen LogP contribution in [0.3, 0.4) is 0 Å². The smallest absolute Gasteiger partial charge is 0.328 e. The first-order chi connectivity index (χ1) is 10.1. The summed E-state index contributed by atoms with van der Waals surface area (Å²) in [5, 5.41) is 11.4. The molecule has 2 N–H and O–H groups in total. The number of benzene rings is 1. The van der Waals surface area contributed by atoms with Crippen molar-refractivity contribution in [2.45, 2.75) is 4.90 Å². The number of carboxylic acid groups (broad SMARTS) is 1. The maximum atomic E-state index is 12.1. The maximum Gasteiger partial charge on any atom is 0.328 e. The third-order valence-electron chi connectivity index (χ3n) is 2.57. The zero-order valence-corrected chi connectivity index (χ0v) is 12.8. The van der Waals surface area contributed by atoms with Crippen LogP contribution in [-0.2, 0) is 4.79 Å². The van der Waals surface area contributed by atoms with Crippen LogP contribution in [-0.4, -0.2) is 23.2 Å². The van der Waals surface area contributed by atoms with E-state index in [1.54, 1.807) is 23.9 Å². The highest BCUT2D eigenvalue weighted by Crippen LogP contribution is 2.22. The lowest BCUT2D eigenvalue weighted by Crippen LogP contribution is -2.09. The largest absolute Gasteiger partial charge is 0.478 e. The highest BCUT2D eigenvalue weighted by atomic mass is 32.2. The number of anilines is 1. The average molecular weight is 319 g/mol. The van der Waals surface area contributed by atoms with Crippen LogP contribution >= 0.6 is 23.1 Å². The van der Waals surface area contributed by atoms with Gasteiger partial charge in [0.2, 0.25) is 0 Å². The van der Waals surface area contributed by atoms with Crippen LogP contribution in [0.2, 0.25) is 0 Å². The second kappa shape index (κ2) is 7.10. The topological polar surface area (TPSA) is 66.4 Å². The molecule has 0 aliphatic heterocycles. The van der Waals surface area contributed by atoms with Gasteiger partial charge in [-0.2, -0.15) is 0 Å². The van der Waals surface area contributed by atoms with Gasteiger partial charge in [0, 0.05) is 21.5 Å². The Morgan fingerprint density at radius 2 is 2.10 bits per heavy atom. The summed E-state index contributed by atoms with van der Waals surface area (Å²) >= 11 is 2.85. The Labute approximate surface area is 130 Å². The van der Waals surface area contributed by atoms with E-state index in [9.17, 15) is 9.59 Å². The molecule has 1 aromatic carbocycles. The summed E-state index contributed by atoms with van der Waals surface area (Å²) in [4.78, 5) is 24.9. The number of thiophene rings is 1. The van der Waals surface area contributed by atoms with Gasteiger partial charge in [0.25, 0.3) is 5.91 Å². The van der Waals surface area contributed by atoms with Crippen LogP contribution in [0.5, 0.6) is 0 Å². The zero-order valence-electron chi connectivity index (χ0n) is 11.2. The molecule has 2 rings (SSSR count). The Kier molecular flexibility index (Phi) is 5.19. The van der Waals surface area contributed by atoms with Crippen molar-refractivity contribution >= 4 is 46.7 Å². The summed E-state index contributed by atoms with van der Waals surface area (Å²) < 4.78 is 0. The number of nitrogens with one attached hydrogen (secondary N) is 1. The minimum absolute atomic E-state index is 0.201. The minimum Gasteiger partial charge on any atom is -0.478 e. The normalized spacial score (nSPS) is 10.7. The third-order valence-corrected chi connectivity index (χ3v) is 4.34. The van der Waals surface area contributed by atoms with Crippen LogP contribution in [0.4, 0.5) is 5.69 Å². The summed E-state index contributed by atoms with van der Waals surface area (Å²) in [5.74, 6) is -1.21. The molecular weight excluding hydrogens is 306 g/mol. The second-order valence-electron chi connectivity index (χ2n) is 4.06. The number of aliphatic carboxylic acids is 1. The highest BCUT2D eigenvalue weighted by Gasteiger charge is 2.09. The summed E-state index contributed by atoms with van der Waals surface area (Å²) in [5.41, 5.74) is 0.739. The molecule has 21 heavy (non-hydrogen) atoms. The van der Waals surface area contributed by atoms with Crippen LogP contribution in [0.15, 0.2) is 47.4 Å². The fourth-order valence-corrected chi connectivity index (χ4v) is 2.88. The molecule has 0 unspecified atom stereocenters. The van der Waals surface area contributed by atoms with Gasteiger partial charge >= 0.3 is 5.97 Å². The fraction of sp³-hybridized carbons (Fsp3) is 0.0667. The van der Waals surface area contributed by atoms with Gasteiger partial charge < -0.3 is 10.4 Å². The van der Waals surface area contributed by atoms with Crippen LogP contribution < -0.4 is 5.32 Å². The van der Waals surface area contributed by atoms with Crippen molar-refractivity contribution in [1.29, 1.82) is 0 Å². The molecule has 0 saturated heterocycles. The predicted molar refractivity (Wildman–Crippen MR) is 87.2 cm³/mol. The molecule has 2 aromatic rings. The fourth-order valence-electron chi connectivity index (χ4n) is 1.61. The molecule has 0 saturated carbocycles. The Bertz CT molecular complexity index is 692. The number of amides is 1. The average Bonchev–Trinajstić information content (AvgIpc) is 2.94. The molecule has 1 heterocycles. The Hall–Kier alpha value is -2.05. The van der Waals surface area contributed by atoms with Crippen molar-refractivity contribution in [1.82, 2.24) is 0 Å². The van der Waals surface area contributed by atoms with E-state index in [2.05, 4.69) is 5.32 Å². The quantitative estimate of drug-likeness (QED) is 0.649.